The zero-order chi connectivity index (χ0) is 13.9. The first-order valence-electron chi connectivity index (χ1n) is 5.58. The number of hydrogen-bond donors (Lipinski definition) is 2. The van der Waals surface area contributed by atoms with E-state index in [1.54, 1.807) is 0 Å². The van der Waals surface area contributed by atoms with Crippen LogP contribution in [-0.2, 0) is 6.18 Å². The minimum atomic E-state index is -4.32. The van der Waals surface area contributed by atoms with Crippen LogP contribution in [0.5, 0.6) is 0 Å². The van der Waals surface area contributed by atoms with Gasteiger partial charge in [-0.3, -0.25) is 0 Å². The van der Waals surface area contributed by atoms with Gasteiger partial charge in [-0.25, -0.2) is 0 Å². The highest BCUT2D eigenvalue weighted by Gasteiger charge is 2.30. The molecule has 0 saturated carbocycles. The molecule has 0 fully saturated rings. The van der Waals surface area contributed by atoms with Gasteiger partial charge in [0.05, 0.1) is 5.56 Å². The molecule has 0 aromatic heterocycles. The molecule has 1 atom stereocenters. The Morgan fingerprint density at radius 1 is 1.33 bits per heavy atom. The zero-order valence-corrected chi connectivity index (χ0v) is 11.8. The Morgan fingerprint density at radius 2 is 1.94 bits per heavy atom. The number of halogens is 4. The van der Waals surface area contributed by atoms with Crippen LogP contribution in [0, 0.1) is 5.92 Å². The van der Waals surface area contributed by atoms with Gasteiger partial charge in [0, 0.05) is 22.7 Å². The fourth-order valence-electron chi connectivity index (χ4n) is 1.30. The maximum atomic E-state index is 12.5. The molecule has 0 saturated heterocycles. The Balaban J connectivity index is 2.75. The summed E-state index contributed by atoms with van der Waals surface area (Å²) >= 11 is 3.12. The van der Waals surface area contributed by atoms with Gasteiger partial charge in [-0.05, 0) is 40.0 Å². The SMILES string of the molecule is CC(C)C(N)CNc1ccc(C(F)(F)F)cc1Br. The highest BCUT2D eigenvalue weighted by molar-refractivity contribution is 9.10. The molecule has 0 spiro atoms. The number of alkyl halides is 3. The molecule has 102 valence electrons. The van der Waals surface area contributed by atoms with Gasteiger partial charge in [-0.1, -0.05) is 13.8 Å². The highest BCUT2D eigenvalue weighted by Crippen LogP contribution is 2.33. The summed E-state index contributed by atoms with van der Waals surface area (Å²) in [5.41, 5.74) is 5.79. The van der Waals surface area contributed by atoms with E-state index in [1.165, 1.54) is 6.07 Å². The summed E-state index contributed by atoms with van der Waals surface area (Å²) in [6.07, 6.45) is -4.32. The van der Waals surface area contributed by atoms with Crippen molar-refractivity contribution in [2.75, 3.05) is 11.9 Å². The molecule has 1 unspecified atom stereocenters. The number of nitrogens with one attached hydrogen (secondary N) is 1. The molecule has 0 amide bonds. The lowest BCUT2D eigenvalue weighted by Gasteiger charge is -2.18. The molecule has 0 bridgehead atoms. The Bertz CT molecular complexity index is 405. The first kappa shape index (κ1) is 15.3. The molecule has 3 N–H and O–H groups in total. The summed E-state index contributed by atoms with van der Waals surface area (Å²) in [7, 11) is 0. The lowest BCUT2D eigenvalue weighted by atomic mass is 10.1. The smallest absolute Gasteiger partial charge is 0.383 e. The number of anilines is 1. The third-order valence-corrected chi connectivity index (χ3v) is 3.34. The van der Waals surface area contributed by atoms with Gasteiger partial charge in [0.2, 0.25) is 0 Å². The molecule has 1 aromatic rings. The second kappa shape index (κ2) is 5.93. The van der Waals surface area contributed by atoms with Crippen LogP contribution in [0.2, 0.25) is 0 Å². The van der Waals surface area contributed by atoms with Crippen molar-refractivity contribution in [3.05, 3.63) is 28.2 Å². The minimum absolute atomic E-state index is 0.0424. The van der Waals surface area contributed by atoms with Gasteiger partial charge < -0.3 is 11.1 Å². The Kier molecular flexibility index (Phi) is 5.04. The van der Waals surface area contributed by atoms with Gasteiger partial charge in [-0.15, -0.1) is 0 Å². The van der Waals surface area contributed by atoms with E-state index in [9.17, 15) is 13.2 Å². The van der Waals surface area contributed by atoms with Crippen LogP contribution in [0.3, 0.4) is 0 Å². The second-order valence-corrected chi connectivity index (χ2v) is 5.34. The van der Waals surface area contributed by atoms with Crippen LogP contribution in [0.25, 0.3) is 0 Å². The van der Waals surface area contributed by atoms with Crippen LogP contribution in [-0.4, -0.2) is 12.6 Å². The van der Waals surface area contributed by atoms with Crippen molar-refractivity contribution in [1.29, 1.82) is 0 Å². The maximum Gasteiger partial charge on any atom is 0.416 e. The summed E-state index contributed by atoms with van der Waals surface area (Å²) in [6.45, 7) is 4.50. The highest BCUT2D eigenvalue weighted by atomic mass is 79.9. The average Bonchev–Trinajstić information content (AvgIpc) is 2.25. The number of hydrogen-bond acceptors (Lipinski definition) is 2. The van der Waals surface area contributed by atoms with Crippen LogP contribution >= 0.6 is 15.9 Å². The number of nitrogens with two attached hydrogens (primary N) is 1. The van der Waals surface area contributed by atoms with Crippen molar-refractivity contribution in [3.8, 4) is 0 Å². The van der Waals surface area contributed by atoms with Gasteiger partial charge >= 0.3 is 6.18 Å². The summed E-state index contributed by atoms with van der Waals surface area (Å²) in [4.78, 5) is 0. The third kappa shape index (κ3) is 4.17. The van der Waals surface area contributed by atoms with Gasteiger partial charge in [0.1, 0.15) is 0 Å². The maximum absolute atomic E-state index is 12.5. The molecule has 6 heteroatoms. The molecule has 1 aromatic carbocycles. The van der Waals surface area contributed by atoms with E-state index < -0.39 is 11.7 Å². The fourth-order valence-corrected chi connectivity index (χ4v) is 1.82. The largest absolute Gasteiger partial charge is 0.416 e. The molecule has 1 rings (SSSR count). The quantitative estimate of drug-likeness (QED) is 0.882. The lowest BCUT2D eigenvalue weighted by Crippen LogP contribution is -2.34. The van der Waals surface area contributed by atoms with Crippen LogP contribution < -0.4 is 11.1 Å². The first-order valence-corrected chi connectivity index (χ1v) is 6.37. The summed E-state index contributed by atoms with van der Waals surface area (Å²) in [6, 6.07) is 3.47. The van der Waals surface area contributed by atoms with Gasteiger partial charge in [0.25, 0.3) is 0 Å². The van der Waals surface area contributed by atoms with E-state index in [1.807, 2.05) is 13.8 Å². The summed E-state index contributed by atoms with van der Waals surface area (Å²) in [5, 5.41) is 3.03. The van der Waals surface area contributed by atoms with Crippen molar-refractivity contribution < 1.29 is 13.2 Å². The van der Waals surface area contributed by atoms with Gasteiger partial charge in [-0.2, -0.15) is 13.2 Å². The van der Waals surface area contributed by atoms with E-state index >= 15 is 0 Å². The van der Waals surface area contributed by atoms with Gasteiger partial charge in [0.15, 0.2) is 0 Å². The Hall–Kier alpha value is -0.750. The molecule has 0 aliphatic carbocycles. The van der Waals surface area contributed by atoms with E-state index in [-0.39, 0.29) is 6.04 Å². The molecule has 0 aliphatic heterocycles. The van der Waals surface area contributed by atoms with E-state index in [0.717, 1.165) is 12.1 Å². The number of rotatable bonds is 4. The molecule has 0 heterocycles. The van der Waals surface area contributed by atoms with Crippen molar-refractivity contribution in [3.63, 3.8) is 0 Å². The lowest BCUT2D eigenvalue weighted by molar-refractivity contribution is -0.137. The van der Waals surface area contributed by atoms with Crippen molar-refractivity contribution >= 4 is 21.6 Å². The topological polar surface area (TPSA) is 38.0 Å². The second-order valence-electron chi connectivity index (χ2n) is 4.48. The third-order valence-electron chi connectivity index (χ3n) is 2.68. The average molecular weight is 325 g/mol. The fraction of sp³-hybridized carbons (Fsp3) is 0.500. The molecule has 0 radical (unpaired) electrons. The Morgan fingerprint density at radius 3 is 2.39 bits per heavy atom. The van der Waals surface area contributed by atoms with E-state index in [0.29, 0.717) is 22.6 Å². The predicted octanol–water partition coefficient (Wildman–Crippen LogP) is 3.86. The monoisotopic (exact) mass is 324 g/mol. The standard InChI is InChI=1S/C12H16BrF3N2/c1-7(2)10(17)6-18-11-4-3-8(5-9(11)13)12(14,15)16/h3-5,7,10,18H,6,17H2,1-2H3. The van der Waals surface area contributed by atoms with Crippen molar-refractivity contribution in [2.45, 2.75) is 26.1 Å². The molecular formula is C12H16BrF3N2. The van der Waals surface area contributed by atoms with E-state index in [2.05, 4.69) is 21.2 Å². The molecule has 2 nitrogen and oxygen atoms in total. The van der Waals surface area contributed by atoms with Crippen molar-refractivity contribution in [1.82, 2.24) is 0 Å². The number of benzene rings is 1. The Labute approximate surface area is 113 Å². The normalized spacial score (nSPS) is 13.8. The zero-order valence-electron chi connectivity index (χ0n) is 10.2. The molecule has 18 heavy (non-hydrogen) atoms. The van der Waals surface area contributed by atoms with Crippen LogP contribution in [0.4, 0.5) is 18.9 Å². The summed E-state index contributed by atoms with van der Waals surface area (Å²) in [5.74, 6) is 0.311. The molecule has 0 aliphatic rings. The van der Waals surface area contributed by atoms with Crippen LogP contribution in [0.15, 0.2) is 22.7 Å². The minimum Gasteiger partial charge on any atom is -0.383 e. The van der Waals surface area contributed by atoms with E-state index in [4.69, 9.17) is 5.73 Å². The summed E-state index contributed by atoms with van der Waals surface area (Å²) < 4.78 is 37.8. The first-order chi connectivity index (χ1) is 8.21. The van der Waals surface area contributed by atoms with Crippen molar-refractivity contribution in [2.24, 2.45) is 11.7 Å². The molecular weight excluding hydrogens is 309 g/mol. The van der Waals surface area contributed by atoms with Crippen LogP contribution in [0.1, 0.15) is 19.4 Å². The predicted molar refractivity (Wildman–Crippen MR) is 70.4 cm³/mol.